The Balaban J connectivity index is 2.57. The number of aromatic nitrogens is 4. The van der Waals surface area contributed by atoms with E-state index in [-0.39, 0.29) is 24.4 Å². The van der Waals surface area contributed by atoms with Crippen LogP contribution in [0.15, 0.2) is 15.9 Å². The first-order valence-corrected chi connectivity index (χ1v) is 5.44. The minimum atomic E-state index is -0.594. The van der Waals surface area contributed by atoms with E-state index in [1.807, 2.05) is 0 Å². The van der Waals surface area contributed by atoms with Gasteiger partial charge in [0.15, 0.2) is 17.9 Å². The van der Waals surface area contributed by atoms with Crippen LogP contribution in [0.1, 0.15) is 0 Å². The second-order valence-corrected chi connectivity index (χ2v) is 3.94. The Kier molecular flexibility index (Phi) is 3.21. The molecule has 2 heterocycles. The number of rotatable bonds is 3. The van der Waals surface area contributed by atoms with Crippen LogP contribution in [0.2, 0.25) is 0 Å². The third-order valence-electron chi connectivity index (χ3n) is 2.75. The highest BCUT2D eigenvalue weighted by Crippen LogP contribution is 2.05. The maximum absolute atomic E-state index is 12.0. The Morgan fingerprint density at radius 2 is 2.05 bits per heavy atom. The molecule has 0 aliphatic carbocycles. The Labute approximate surface area is 106 Å². The summed E-state index contributed by atoms with van der Waals surface area (Å²) in [5.41, 5.74) is 4.56. The number of hydrogen-bond donors (Lipinski definition) is 1. The van der Waals surface area contributed by atoms with Gasteiger partial charge in [-0.2, -0.15) is 0 Å². The van der Waals surface area contributed by atoms with E-state index in [4.69, 9.17) is 10.5 Å². The van der Waals surface area contributed by atoms with Crippen molar-refractivity contribution in [2.75, 3.05) is 6.54 Å². The van der Waals surface area contributed by atoms with E-state index in [1.165, 1.54) is 29.6 Å². The highest BCUT2D eigenvalue weighted by Gasteiger charge is 2.14. The molecule has 0 aromatic carbocycles. The molecule has 0 bridgehead atoms. The van der Waals surface area contributed by atoms with Crippen LogP contribution in [0, 0.1) is 0 Å². The molecule has 0 radical (unpaired) electrons. The van der Waals surface area contributed by atoms with Gasteiger partial charge < -0.3 is 10.5 Å². The molecular formula is C10H13N5O4. The number of esters is 1. The summed E-state index contributed by atoms with van der Waals surface area (Å²) in [6, 6.07) is 0. The standard InChI is InChI=1S/C10H13N5O4/c1-13-8-7(9(17)14(2)10(13)18)15(4-12-8)5-19-6(16)3-11/h4H,3,5,11H2,1-2H3. The Morgan fingerprint density at radius 1 is 1.37 bits per heavy atom. The van der Waals surface area contributed by atoms with Crippen LogP contribution in [-0.4, -0.2) is 31.2 Å². The summed E-state index contributed by atoms with van der Waals surface area (Å²) in [4.78, 5) is 38.7. The number of aryl methyl sites for hydroxylation is 1. The maximum atomic E-state index is 12.0. The quantitative estimate of drug-likeness (QED) is 0.637. The molecule has 2 rings (SSSR count). The summed E-state index contributed by atoms with van der Waals surface area (Å²) in [5.74, 6) is -0.594. The molecule has 0 unspecified atom stereocenters. The van der Waals surface area contributed by atoms with Crippen molar-refractivity contribution in [1.29, 1.82) is 0 Å². The zero-order valence-corrected chi connectivity index (χ0v) is 10.5. The molecule has 0 aliphatic rings. The number of nitrogens with zero attached hydrogens (tertiary/aromatic N) is 4. The fraction of sp³-hybridized carbons (Fsp3) is 0.400. The Hall–Kier alpha value is -2.42. The summed E-state index contributed by atoms with van der Waals surface area (Å²) in [6.45, 7) is -0.427. The zero-order chi connectivity index (χ0) is 14.2. The monoisotopic (exact) mass is 267 g/mol. The number of hydrogen-bond acceptors (Lipinski definition) is 6. The summed E-state index contributed by atoms with van der Waals surface area (Å²) >= 11 is 0. The third-order valence-corrected chi connectivity index (χ3v) is 2.75. The summed E-state index contributed by atoms with van der Waals surface area (Å²) in [5, 5.41) is 0. The highest BCUT2D eigenvalue weighted by atomic mass is 16.5. The van der Waals surface area contributed by atoms with Crippen molar-refractivity contribution in [1.82, 2.24) is 18.7 Å². The molecule has 19 heavy (non-hydrogen) atoms. The lowest BCUT2D eigenvalue weighted by atomic mass is 10.5. The average Bonchev–Trinajstić information content (AvgIpc) is 2.84. The lowest BCUT2D eigenvalue weighted by Gasteiger charge is -2.07. The van der Waals surface area contributed by atoms with Crippen molar-refractivity contribution < 1.29 is 9.53 Å². The first-order chi connectivity index (χ1) is 8.97. The van der Waals surface area contributed by atoms with E-state index >= 15 is 0 Å². The topological polar surface area (TPSA) is 114 Å². The van der Waals surface area contributed by atoms with Crippen molar-refractivity contribution in [3.8, 4) is 0 Å². The smallest absolute Gasteiger partial charge is 0.332 e. The van der Waals surface area contributed by atoms with Gasteiger partial charge in [-0.05, 0) is 0 Å². The van der Waals surface area contributed by atoms with Crippen molar-refractivity contribution in [2.45, 2.75) is 6.73 Å². The molecule has 9 heteroatoms. The SMILES string of the molecule is Cn1c(=O)c2c(ncn2COC(=O)CN)n(C)c1=O. The second kappa shape index (κ2) is 4.69. The predicted molar refractivity (Wildman–Crippen MR) is 65.4 cm³/mol. The lowest BCUT2D eigenvalue weighted by molar-refractivity contribution is -0.145. The number of nitrogens with two attached hydrogens (primary N) is 1. The van der Waals surface area contributed by atoms with Gasteiger partial charge in [0.2, 0.25) is 0 Å². The molecule has 2 N–H and O–H groups in total. The third kappa shape index (κ3) is 2.03. The van der Waals surface area contributed by atoms with Gasteiger partial charge in [0.05, 0.1) is 6.54 Å². The van der Waals surface area contributed by atoms with E-state index < -0.39 is 17.2 Å². The Bertz CT molecular complexity index is 754. The van der Waals surface area contributed by atoms with Gasteiger partial charge in [-0.3, -0.25) is 23.3 Å². The minimum Gasteiger partial charge on any atom is -0.443 e. The van der Waals surface area contributed by atoms with E-state index in [2.05, 4.69) is 4.98 Å². The van der Waals surface area contributed by atoms with E-state index in [1.54, 1.807) is 0 Å². The number of carbonyl (C=O) groups excluding carboxylic acids is 1. The molecule has 0 fully saturated rings. The number of imidazole rings is 1. The number of ether oxygens (including phenoxy) is 1. The van der Waals surface area contributed by atoms with Crippen molar-refractivity contribution in [2.24, 2.45) is 19.8 Å². The molecule has 0 spiro atoms. The van der Waals surface area contributed by atoms with Crippen LogP contribution in [0.5, 0.6) is 0 Å². The molecule has 2 aromatic heterocycles. The average molecular weight is 267 g/mol. The van der Waals surface area contributed by atoms with Crippen molar-refractivity contribution in [3.63, 3.8) is 0 Å². The van der Waals surface area contributed by atoms with Crippen LogP contribution in [0.3, 0.4) is 0 Å². The van der Waals surface area contributed by atoms with Crippen LogP contribution < -0.4 is 17.0 Å². The maximum Gasteiger partial charge on any atom is 0.332 e. The van der Waals surface area contributed by atoms with E-state index in [0.717, 1.165) is 4.57 Å². The van der Waals surface area contributed by atoms with Crippen LogP contribution >= 0.6 is 0 Å². The zero-order valence-electron chi connectivity index (χ0n) is 10.5. The number of carbonyl (C=O) groups is 1. The largest absolute Gasteiger partial charge is 0.443 e. The minimum absolute atomic E-state index is 0.181. The first kappa shape index (κ1) is 13.0. The van der Waals surface area contributed by atoms with Crippen LogP contribution in [-0.2, 0) is 30.4 Å². The molecule has 0 saturated carbocycles. The Morgan fingerprint density at radius 3 is 2.68 bits per heavy atom. The molecule has 2 aromatic rings. The van der Waals surface area contributed by atoms with E-state index in [0.29, 0.717) is 0 Å². The summed E-state index contributed by atoms with van der Waals surface area (Å²) in [6.07, 6.45) is 1.33. The van der Waals surface area contributed by atoms with Gasteiger partial charge in [-0.1, -0.05) is 0 Å². The molecule has 0 saturated heterocycles. The number of fused-ring (bicyclic) bond motifs is 1. The van der Waals surface area contributed by atoms with Gasteiger partial charge in [-0.15, -0.1) is 0 Å². The van der Waals surface area contributed by atoms with Gasteiger partial charge >= 0.3 is 11.7 Å². The molecule has 0 amide bonds. The second-order valence-electron chi connectivity index (χ2n) is 3.94. The van der Waals surface area contributed by atoms with Gasteiger partial charge in [0.25, 0.3) is 5.56 Å². The van der Waals surface area contributed by atoms with E-state index in [9.17, 15) is 14.4 Å². The van der Waals surface area contributed by atoms with Crippen LogP contribution in [0.25, 0.3) is 11.2 Å². The fourth-order valence-electron chi connectivity index (χ4n) is 1.70. The van der Waals surface area contributed by atoms with Gasteiger partial charge in [0.1, 0.15) is 6.33 Å². The normalized spacial score (nSPS) is 10.9. The highest BCUT2D eigenvalue weighted by molar-refractivity contribution is 5.72. The molecular weight excluding hydrogens is 254 g/mol. The van der Waals surface area contributed by atoms with Crippen LogP contribution in [0.4, 0.5) is 0 Å². The van der Waals surface area contributed by atoms with Gasteiger partial charge in [-0.25, -0.2) is 9.78 Å². The first-order valence-electron chi connectivity index (χ1n) is 5.44. The summed E-state index contributed by atoms with van der Waals surface area (Å²) in [7, 11) is 2.88. The van der Waals surface area contributed by atoms with Crippen molar-refractivity contribution >= 4 is 17.1 Å². The lowest BCUT2D eigenvalue weighted by Crippen LogP contribution is -2.37. The molecule has 0 aliphatic heterocycles. The molecule has 102 valence electrons. The predicted octanol–water partition coefficient (Wildman–Crippen LogP) is -2.11. The molecule has 0 atom stereocenters. The molecule has 9 nitrogen and oxygen atoms in total. The summed E-state index contributed by atoms with van der Waals surface area (Å²) < 4.78 is 8.40. The van der Waals surface area contributed by atoms with Gasteiger partial charge in [0, 0.05) is 14.1 Å². The fourth-order valence-corrected chi connectivity index (χ4v) is 1.70. The van der Waals surface area contributed by atoms with Crippen molar-refractivity contribution in [3.05, 3.63) is 27.2 Å².